The molecule has 12 heavy (non-hydrogen) atoms. The summed E-state index contributed by atoms with van der Waals surface area (Å²) in [6.45, 7) is 5.38. The first-order valence-electron chi connectivity index (χ1n) is 4.61. The summed E-state index contributed by atoms with van der Waals surface area (Å²) >= 11 is 0. The Morgan fingerprint density at radius 2 is 2.42 bits per heavy atom. The van der Waals surface area contributed by atoms with E-state index in [1.54, 1.807) is 0 Å². The van der Waals surface area contributed by atoms with Crippen LogP contribution in [0.1, 0.15) is 33.1 Å². The normalized spacial score (nSPS) is 28.8. The number of carbonyl (C=O) groups excluding carboxylic acids is 1. The molecular formula is C9H17NO2. The van der Waals surface area contributed by atoms with Gasteiger partial charge in [0, 0.05) is 0 Å². The fourth-order valence-electron chi connectivity index (χ4n) is 1.42. The third-order valence-electron chi connectivity index (χ3n) is 2.26. The largest absolute Gasteiger partial charge is 0.464 e. The maximum absolute atomic E-state index is 11.4. The minimum atomic E-state index is -0.408. The highest BCUT2D eigenvalue weighted by Crippen LogP contribution is 2.19. The zero-order valence-corrected chi connectivity index (χ0v) is 7.85. The molecule has 0 aromatic heterocycles. The number of hydrogen-bond acceptors (Lipinski definition) is 3. The molecule has 0 radical (unpaired) electrons. The van der Waals surface area contributed by atoms with Gasteiger partial charge in [-0.3, -0.25) is 4.79 Å². The van der Waals surface area contributed by atoms with Crippen molar-refractivity contribution in [2.24, 2.45) is 0 Å². The van der Waals surface area contributed by atoms with Crippen LogP contribution in [0.15, 0.2) is 0 Å². The van der Waals surface area contributed by atoms with Gasteiger partial charge in [-0.25, -0.2) is 0 Å². The molecule has 3 nitrogen and oxygen atoms in total. The van der Waals surface area contributed by atoms with E-state index in [2.05, 4.69) is 5.32 Å². The molecule has 1 heterocycles. The second-order valence-corrected chi connectivity index (χ2v) is 3.50. The number of nitrogens with one attached hydrogen (secondary N) is 1. The molecule has 1 aliphatic heterocycles. The fraction of sp³-hybridized carbons (Fsp3) is 0.889. The maximum Gasteiger partial charge on any atom is 0.326 e. The summed E-state index contributed by atoms with van der Waals surface area (Å²) in [6.07, 6.45) is 2.86. The zero-order chi connectivity index (χ0) is 9.03. The summed E-state index contributed by atoms with van der Waals surface area (Å²) in [7, 11) is 0. The van der Waals surface area contributed by atoms with Crippen LogP contribution in [0.4, 0.5) is 0 Å². The molecule has 3 heteroatoms. The summed E-state index contributed by atoms with van der Waals surface area (Å²) in [5.41, 5.74) is -0.408. The smallest absolute Gasteiger partial charge is 0.326 e. The van der Waals surface area contributed by atoms with Gasteiger partial charge in [0.2, 0.25) is 0 Å². The first-order chi connectivity index (χ1) is 5.69. The van der Waals surface area contributed by atoms with Crippen molar-refractivity contribution in [2.75, 3.05) is 13.2 Å². The molecule has 0 aliphatic carbocycles. The van der Waals surface area contributed by atoms with Crippen molar-refractivity contribution in [2.45, 2.75) is 38.6 Å². The fourth-order valence-corrected chi connectivity index (χ4v) is 1.42. The Labute approximate surface area is 73.5 Å². The van der Waals surface area contributed by atoms with Gasteiger partial charge in [0.15, 0.2) is 0 Å². The van der Waals surface area contributed by atoms with E-state index in [9.17, 15) is 4.79 Å². The molecule has 1 unspecified atom stereocenters. The van der Waals surface area contributed by atoms with Crippen LogP contribution in [-0.4, -0.2) is 24.7 Å². The predicted octanol–water partition coefficient (Wildman–Crippen LogP) is 1.08. The molecule has 70 valence electrons. The third-order valence-corrected chi connectivity index (χ3v) is 2.26. The summed E-state index contributed by atoms with van der Waals surface area (Å²) in [6, 6.07) is 0. The van der Waals surface area contributed by atoms with Crippen molar-refractivity contribution in [3.63, 3.8) is 0 Å². The van der Waals surface area contributed by atoms with E-state index in [0.717, 1.165) is 25.8 Å². The second-order valence-electron chi connectivity index (χ2n) is 3.50. The minimum Gasteiger partial charge on any atom is -0.464 e. The van der Waals surface area contributed by atoms with Gasteiger partial charge in [0.1, 0.15) is 5.54 Å². The average molecular weight is 171 g/mol. The Balaban J connectivity index is 2.39. The molecule has 0 aromatic rings. The molecule has 1 atom stereocenters. The van der Waals surface area contributed by atoms with Crippen molar-refractivity contribution in [3.05, 3.63) is 0 Å². The summed E-state index contributed by atoms with van der Waals surface area (Å²) < 4.78 is 5.08. The van der Waals surface area contributed by atoms with Gasteiger partial charge in [0.05, 0.1) is 6.61 Å². The summed E-state index contributed by atoms with van der Waals surface area (Å²) in [5.74, 6) is -0.0955. The zero-order valence-electron chi connectivity index (χ0n) is 7.85. The lowest BCUT2D eigenvalue weighted by atomic mass is 10.0. The van der Waals surface area contributed by atoms with E-state index in [1.165, 1.54) is 0 Å². The van der Waals surface area contributed by atoms with Gasteiger partial charge < -0.3 is 10.1 Å². The van der Waals surface area contributed by atoms with Crippen LogP contribution in [0.2, 0.25) is 0 Å². The lowest BCUT2D eigenvalue weighted by molar-refractivity contribution is -0.150. The highest BCUT2D eigenvalue weighted by Gasteiger charge is 2.37. The van der Waals surface area contributed by atoms with Crippen LogP contribution in [0, 0.1) is 0 Å². The number of rotatable bonds is 3. The quantitative estimate of drug-likeness (QED) is 0.646. The van der Waals surface area contributed by atoms with Crippen LogP contribution in [0.5, 0.6) is 0 Å². The number of carbonyl (C=O) groups is 1. The molecule has 0 aromatic carbocycles. The molecule has 1 N–H and O–H groups in total. The van der Waals surface area contributed by atoms with E-state index in [0.29, 0.717) is 6.61 Å². The molecule has 0 spiro atoms. The Morgan fingerprint density at radius 3 is 2.92 bits per heavy atom. The van der Waals surface area contributed by atoms with E-state index in [4.69, 9.17) is 4.74 Å². The Morgan fingerprint density at radius 1 is 1.67 bits per heavy atom. The molecule has 1 saturated heterocycles. The van der Waals surface area contributed by atoms with Crippen LogP contribution >= 0.6 is 0 Å². The lowest BCUT2D eigenvalue weighted by Crippen LogP contribution is -2.45. The average Bonchev–Trinajstić information content (AvgIpc) is 2.49. The Hall–Kier alpha value is -0.570. The maximum atomic E-state index is 11.4. The standard InChI is InChI=1S/C9H17NO2/c1-3-7-12-8(11)9(2)5-4-6-10-9/h10H,3-7H2,1-2H3. The molecule has 1 fully saturated rings. The van der Waals surface area contributed by atoms with Crippen LogP contribution in [-0.2, 0) is 9.53 Å². The summed E-state index contributed by atoms with van der Waals surface area (Å²) in [5, 5.41) is 3.17. The molecule has 0 bridgehead atoms. The van der Waals surface area contributed by atoms with Crippen LogP contribution < -0.4 is 5.32 Å². The van der Waals surface area contributed by atoms with Crippen molar-refractivity contribution in [3.8, 4) is 0 Å². The highest BCUT2D eigenvalue weighted by atomic mass is 16.5. The first kappa shape index (κ1) is 9.52. The number of ether oxygens (including phenoxy) is 1. The van der Waals surface area contributed by atoms with Gasteiger partial charge in [0.25, 0.3) is 0 Å². The molecule has 0 saturated carbocycles. The third kappa shape index (κ3) is 1.97. The van der Waals surface area contributed by atoms with Gasteiger partial charge in [-0.1, -0.05) is 6.92 Å². The van der Waals surface area contributed by atoms with E-state index < -0.39 is 5.54 Å². The molecule has 0 amide bonds. The minimum absolute atomic E-state index is 0.0955. The lowest BCUT2D eigenvalue weighted by Gasteiger charge is -2.21. The van der Waals surface area contributed by atoms with Crippen LogP contribution in [0.3, 0.4) is 0 Å². The van der Waals surface area contributed by atoms with E-state index >= 15 is 0 Å². The summed E-state index contributed by atoms with van der Waals surface area (Å²) in [4.78, 5) is 11.4. The van der Waals surface area contributed by atoms with Crippen molar-refractivity contribution >= 4 is 5.97 Å². The van der Waals surface area contributed by atoms with Crippen molar-refractivity contribution in [1.82, 2.24) is 5.32 Å². The van der Waals surface area contributed by atoms with Gasteiger partial charge in [-0.2, -0.15) is 0 Å². The second kappa shape index (κ2) is 3.90. The Kier molecular flexibility index (Phi) is 3.09. The predicted molar refractivity (Wildman–Crippen MR) is 46.9 cm³/mol. The van der Waals surface area contributed by atoms with E-state index in [1.807, 2.05) is 13.8 Å². The topological polar surface area (TPSA) is 38.3 Å². The van der Waals surface area contributed by atoms with E-state index in [-0.39, 0.29) is 5.97 Å². The SMILES string of the molecule is CCCOC(=O)C1(C)CCCN1. The first-order valence-corrected chi connectivity index (χ1v) is 4.61. The highest BCUT2D eigenvalue weighted by molar-refractivity contribution is 5.80. The van der Waals surface area contributed by atoms with Gasteiger partial charge >= 0.3 is 5.97 Å². The molecular weight excluding hydrogens is 154 g/mol. The Bertz CT molecular complexity index is 162. The van der Waals surface area contributed by atoms with Gasteiger partial charge in [-0.05, 0) is 32.7 Å². The number of esters is 1. The van der Waals surface area contributed by atoms with Crippen molar-refractivity contribution < 1.29 is 9.53 Å². The monoisotopic (exact) mass is 171 g/mol. The molecule has 1 aliphatic rings. The number of hydrogen-bond donors (Lipinski definition) is 1. The molecule has 1 rings (SSSR count). The van der Waals surface area contributed by atoms with Crippen molar-refractivity contribution in [1.29, 1.82) is 0 Å². The van der Waals surface area contributed by atoms with Crippen LogP contribution in [0.25, 0.3) is 0 Å². The van der Waals surface area contributed by atoms with Gasteiger partial charge in [-0.15, -0.1) is 0 Å².